The maximum Gasteiger partial charge on any atom is 0.338 e. The van der Waals surface area contributed by atoms with Crippen molar-refractivity contribution in [2.75, 3.05) is 7.05 Å². The predicted octanol–water partition coefficient (Wildman–Crippen LogP) is 3.15. The number of aromatic carboxylic acids is 1. The molecule has 1 aromatic heterocycles. The van der Waals surface area contributed by atoms with Crippen molar-refractivity contribution in [2.24, 2.45) is 10.2 Å². The van der Waals surface area contributed by atoms with Gasteiger partial charge in [-0.25, -0.2) is 22.6 Å². The summed E-state index contributed by atoms with van der Waals surface area (Å²) in [6.07, 6.45) is 0. The third kappa shape index (κ3) is 4.17. The van der Waals surface area contributed by atoms with E-state index in [0.717, 1.165) is 6.07 Å². The summed E-state index contributed by atoms with van der Waals surface area (Å²) in [5, 5.41) is 20.5. The number of sulfonamides is 1. The highest BCUT2D eigenvalue weighted by Crippen LogP contribution is 2.26. The van der Waals surface area contributed by atoms with E-state index in [1.165, 1.54) is 23.9 Å². The van der Waals surface area contributed by atoms with Crippen molar-refractivity contribution in [3.63, 3.8) is 0 Å². The van der Waals surface area contributed by atoms with Crippen LogP contribution in [0, 0.1) is 6.92 Å². The van der Waals surface area contributed by atoms with E-state index in [4.69, 9.17) is 11.6 Å². The monoisotopic (exact) mass is 449 g/mol. The molecular weight excluding hydrogens is 434 g/mol. The lowest BCUT2D eigenvalue weighted by atomic mass is 10.2. The molecule has 0 aliphatic rings. The molecule has 3 aromatic rings. The number of halogens is 1. The molecule has 0 amide bonds. The van der Waals surface area contributed by atoms with E-state index >= 15 is 0 Å². The zero-order valence-corrected chi connectivity index (χ0v) is 17.3. The summed E-state index contributed by atoms with van der Waals surface area (Å²) in [6, 6.07) is 9.97. The molecule has 0 radical (unpaired) electrons. The highest BCUT2D eigenvalue weighted by molar-refractivity contribution is 7.89. The number of aryl methyl sites for hydroxylation is 1. The van der Waals surface area contributed by atoms with Gasteiger partial charge in [-0.05, 0) is 50.4 Å². The number of benzene rings is 2. The highest BCUT2D eigenvalue weighted by Gasteiger charge is 2.18. The Morgan fingerprint density at radius 1 is 1.20 bits per heavy atom. The SMILES string of the molecule is CNS(=O)(=O)c1ccc(N=Nc2c(C)[nH]n(-c3cccc(Cl)c3)c2=O)c(C(=O)O)c1. The van der Waals surface area contributed by atoms with Crippen molar-refractivity contribution in [3.8, 4) is 5.69 Å². The van der Waals surface area contributed by atoms with Crippen molar-refractivity contribution < 1.29 is 18.3 Å². The summed E-state index contributed by atoms with van der Waals surface area (Å²) in [5.74, 6) is -1.39. The van der Waals surface area contributed by atoms with Gasteiger partial charge in [-0.3, -0.25) is 9.89 Å². The van der Waals surface area contributed by atoms with Crippen LogP contribution in [0.5, 0.6) is 0 Å². The first-order valence-corrected chi connectivity index (χ1v) is 10.3. The molecule has 0 saturated heterocycles. The standard InChI is InChI=1S/C18H16ClN5O5S/c1-10-16(17(25)24(23-10)12-5-3-4-11(19)8-12)22-21-15-7-6-13(30(28,29)20-2)9-14(15)18(26)27/h3-9,20,23H,1-2H3,(H,26,27). The number of aromatic amines is 1. The summed E-state index contributed by atoms with van der Waals surface area (Å²) in [4.78, 5) is 24.0. The van der Waals surface area contributed by atoms with Gasteiger partial charge in [0, 0.05) is 5.02 Å². The van der Waals surface area contributed by atoms with Crippen LogP contribution in [0.25, 0.3) is 5.69 Å². The van der Waals surface area contributed by atoms with Gasteiger partial charge >= 0.3 is 5.97 Å². The minimum Gasteiger partial charge on any atom is -0.478 e. The lowest BCUT2D eigenvalue weighted by Gasteiger charge is -2.05. The van der Waals surface area contributed by atoms with Crippen LogP contribution < -0.4 is 10.3 Å². The van der Waals surface area contributed by atoms with E-state index < -0.39 is 21.6 Å². The molecule has 0 atom stereocenters. The van der Waals surface area contributed by atoms with Gasteiger partial charge in [0.15, 0.2) is 5.69 Å². The van der Waals surface area contributed by atoms with Crippen LogP contribution in [-0.2, 0) is 10.0 Å². The highest BCUT2D eigenvalue weighted by atomic mass is 35.5. The number of azo groups is 1. The summed E-state index contributed by atoms with van der Waals surface area (Å²) in [5.41, 5.74) is -0.131. The minimum absolute atomic E-state index is 0.0294. The van der Waals surface area contributed by atoms with E-state index in [0.29, 0.717) is 16.4 Å². The molecule has 0 fully saturated rings. The molecular formula is C18H16ClN5O5S. The second-order valence-electron chi connectivity index (χ2n) is 6.10. The second kappa shape index (κ2) is 8.22. The topological polar surface area (TPSA) is 146 Å². The number of carboxylic acids is 1. The van der Waals surface area contributed by atoms with Crippen molar-refractivity contribution >= 4 is 39.0 Å². The van der Waals surface area contributed by atoms with Crippen LogP contribution >= 0.6 is 11.6 Å². The largest absolute Gasteiger partial charge is 0.478 e. The van der Waals surface area contributed by atoms with Gasteiger partial charge in [-0.15, -0.1) is 10.2 Å². The molecule has 156 valence electrons. The molecule has 2 aromatic carbocycles. The summed E-state index contributed by atoms with van der Waals surface area (Å²) in [6.45, 7) is 1.61. The quantitative estimate of drug-likeness (QED) is 0.494. The Bertz CT molecular complexity index is 1330. The minimum atomic E-state index is -3.84. The lowest BCUT2D eigenvalue weighted by Crippen LogP contribution is -2.19. The van der Waals surface area contributed by atoms with E-state index in [1.54, 1.807) is 31.2 Å². The Hall–Kier alpha value is -3.28. The molecule has 12 heteroatoms. The summed E-state index contributed by atoms with van der Waals surface area (Å²) in [7, 11) is -2.63. The first kappa shape index (κ1) is 21.4. The van der Waals surface area contributed by atoms with Crippen molar-refractivity contribution in [2.45, 2.75) is 11.8 Å². The molecule has 3 rings (SSSR count). The number of hydrogen-bond acceptors (Lipinski definition) is 6. The molecule has 3 N–H and O–H groups in total. The van der Waals surface area contributed by atoms with Gasteiger partial charge in [-0.2, -0.15) is 0 Å². The van der Waals surface area contributed by atoms with Crippen LogP contribution in [0.15, 0.2) is 62.4 Å². The van der Waals surface area contributed by atoms with Crippen LogP contribution in [0.1, 0.15) is 16.1 Å². The van der Waals surface area contributed by atoms with Crippen LogP contribution in [0.4, 0.5) is 11.4 Å². The van der Waals surface area contributed by atoms with E-state index in [-0.39, 0.29) is 21.8 Å². The first-order valence-electron chi connectivity index (χ1n) is 8.44. The molecule has 30 heavy (non-hydrogen) atoms. The summed E-state index contributed by atoms with van der Waals surface area (Å²) < 4.78 is 27.1. The third-order valence-corrected chi connectivity index (χ3v) is 5.79. The number of carboxylic acid groups (broad SMARTS) is 1. The van der Waals surface area contributed by atoms with Crippen molar-refractivity contribution in [1.82, 2.24) is 14.5 Å². The van der Waals surface area contributed by atoms with Crippen molar-refractivity contribution in [1.29, 1.82) is 0 Å². The third-order valence-electron chi connectivity index (χ3n) is 4.14. The van der Waals surface area contributed by atoms with E-state index in [9.17, 15) is 23.1 Å². The Labute approximate surface area is 175 Å². The van der Waals surface area contributed by atoms with Gasteiger partial charge in [0.1, 0.15) is 5.69 Å². The Kier molecular flexibility index (Phi) is 5.87. The van der Waals surface area contributed by atoms with Crippen LogP contribution in [-0.4, -0.2) is 36.3 Å². The van der Waals surface area contributed by atoms with Gasteiger partial charge in [-0.1, -0.05) is 17.7 Å². The fourth-order valence-corrected chi connectivity index (χ4v) is 3.56. The van der Waals surface area contributed by atoms with E-state index in [2.05, 4.69) is 20.0 Å². The molecule has 0 spiro atoms. The number of H-pyrrole nitrogens is 1. The van der Waals surface area contributed by atoms with Gasteiger partial charge in [0.2, 0.25) is 10.0 Å². The Balaban J connectivity index is 2.04. The van der Waals surface area contributed by atoms with Crippen LogP contribution in [0.2, 0.25) is 5.02 Å². The average molecular weight is 450 g/mol. The number of nitrogens with one attached hydrogen (secondary N) is 2. The molecule has 0 aliphatic carbocycles. The fourth-order valence-electron chi connectivity index (χ4n) is 2.62. The first-order chi connectivity index (χ1) is 14.1. The average Bonchev–Trinajstić information content (AvgIpc) is 2.99. The Morgan fingerprint density at radius 2 is 1.93 bits per heavy atom. The smallest absolute Gasteiger partial charge is 0.338 e. The van der Waals surface area contributed by atoms with Gasteiger partial charge in [0.25, 0.3) is 5.56 Å². The maximum atomic E-state index is 12.7. The van der Waals surface area contributed by atoms with Gasteiger partial charge in [0.05, 0.1) is 21.8 Å². The number of aromatic nitrogens is 2. The van der Waals surface area contributed by atoms with E-state index in [1.807, 2.05) is 0 Å². The van der Waals surface area contributed by atoms with Crippen molar-refractivity contribution in [3.05, 3.63) is 69.1 Å². The molecule has 1 heterocycles. The second-order valence-corrected chi connectivity index (χ2v) is 8.42. The van der Waals surface area contributed by atoms with Gasteiger partial charge < -0.3 is 5.11 Å². The Morgan fingerprint density at radius 3 is 2.57 bits per heavy atom. The number of carbonyl (C=O) groups is 1. The molecule has 0 unspecified atom stereocenters. The zero-order valence-electron chi connectivity index (χ0n) is 15.7. The normalized spacial score (nSPS) is 11.8. The zero-order chi connectivity index (χ0) is 22.1. The molecule has 10 nitrogen and oxygen atoms in total. The number of nitrogens with zero attached hydrogens (tertiary/aromatic N) is 3. The number of hydrogen-bond donors (Lipinski definition) is 3. The predicted molar refractivity (Wildman–Crippen MR) is 110 cm³/mol. The molecule has 0 bridgehead atoms. The van der Waals surface area contributed by atoms with Crippen LogP contribution in [0.3, 0.4) is 0 Å². The summed E-state index contributed by atoms with van der Waals surface area (Å²) >= 11 is 5.96. The molecule has 0 saturated carbocycles. The molecule has 0 aliphatic heterocycles. The number of rotatable bonds is 6. The maximum absolute atomic E-state index is 12.7. The fraction of sp³-hybridized carbons (Fsp3) is 0.111. The lowest BCUT2D eigenvalue weighted by molar-refractivity contribution is 0.0697.